The zero-order valence-corrected chi connectivity index (χ0v) is 12.2. The molecule has 0 amide bonds. The van der Waals surface area contributed by atoms with Crippen LogP contribution in [0.4, 0.5) is 0 Å². The van der Waals surface area contributed by atoms with E-state index in [1.807, 2.05) is 24.3 Å². The lowest BCUT2D eigenvalue weighted by Crippen LogP contribution is -2.25. The lowest BCUT2D eigenvalue weighted by atomic mass is 10.0. The number of phenols is 1. The highest BCUT2D eigenvalue weighted by Crippen LogP contribution is 2.36. The molecule has 2 atom stereocenters. The molecule has 21 heavy (non-hydrogen) atoms. The molecule has 0 saturated heterocycles. The first-order valence-electron chi connectivity index (χ1n) is 7.03. The summed E-state index contributed by atoms with van der Waals surface area (Å²) in [4.78, 5) is 0. The van der Waals surface area contributed by atoms with Crippen LogP contribution in [-0.4, -0.2) is 18.8 Å². The highest BCUT2D eigenvalue weighted by Gasteiger charge is 2.25. The number of benzene rings is 2. The van der Waals surface area contributed by atoms with Crippen LogP contribution >= 0.6 is 0 Å². The molecular weight excluding hydrogens is 266 g/mol. The number of hydrogen-bond acceptors (Lipinski definition) is 4. The van der Waals surface area contributed by atoms with Crippen LogP contribution in [0.5, 0.6) is 17.2 Å². The molecule has 1 aliphatic rings. The van der Waals surface area contributed by atoms with Crippen molar-refractivity contribution in [2.45, 2.75) is 19.0 Å². The largest absolute Gasteiger partial charge is 0.508 e. The Bertz CT molecular complexity index is 642. The molecule has 0 bridgehead atoms. The van der Waals surface area contributed by atoms with Crippen LogP contribution in [0.3, 0.4) is 0 Å². The van der Waals surface area contributed by atoms with Gasteiger partial charge in [0.2, 0.25) is 0 Å². The second-order valence-corrected chi connectivity index (χ2v) is 5.25. The van der Waals surface area contributed by atoms with Gasteiger partial charge in [-0.15, -0.1) is 0 Å². The van der Waals surface area contributed by atoms with Crippen molar-refractivity contribution in [1.29, 1.82) is 0 Å². The van der Waals surface area contributed by atoms with Crippen molar-refractivity contribution in [3.05, 3.63) is 53.6 Å². The summed E-state index contributed by atoms with van der Waals surface area (Å²) in [6.45, 7) is 2.69. The molecule has 2 aromatic carbocycles. The summed E-state index contributed by atoms with van der Waals surface area (Å²) in [5.74, 6) is 1.84. The molecule has 0 fully saturated rings. The average molecular weight is 285 g/mol. The van der Waals surface area contributed by atoms with Crippen molar-refractivity contribution >= 4 is 0 Å². The second-order valence-electron chi connectivity index (χ2n) is 5.25. The van der Waals surface area contributed by atoms with Gasteiger partial charge in [-0.05, 0) is 36.8 Å². The Morgan fingerprint density at radius 3 is 2.95 bits per heavy atom. The Morgan fingerprint density at radius 2 is 2.14 bits per heavy atom. The van der Waals surface area contributed by atoms with Crippen LogP contribution in [0.15, 0.2) is 42.5 Å². The Labute approximate surface area is 124 Å². The van der Waals surface area contributed by atoms with Gasteiger partial charge in [0, 0.05) is 17.7 Å². The third kappa shape index (κ3) is 2.81. The molecule has 0 aromatic heterocycles. The highest BCUT2D eigenvalue weighted by atomic mass is 16.5. The van der Waals surface area contributed by atoms with Gasteiger partial charge < -0.3 is 19.9 Å². The van der Waals surface area contributed by atoms with Gasteiger partial charge in [-0.25, -0.2) is 0 Å². The van der Waals surface area contributed by atoms with Crippen LogP contribution in [0.1, 0.15) is 30.1 Å². The molecule has 4 heteroatoms. The maximum Gasteiger partial charge on any atom is 0.127 e. The number of methoxy groups -OCH3 is 1. The first-order valence-corrected chi connectivity index (χ1v) is 7.03. The maximum absolute atomic E-state index is 9.49. The van der Waals surface area contributed by atoms with Crippen molar-refractivity contribution in [3.63, 3.8) is 0 Å². The highest BCUT2D eigenvalue weighted by molar-refractivity contribution is 5.44. The normalized spacial score (nSPS) is 17.9. The standard InChI is InChI=1S/C17H19NO3/c1-11(12-4-3-5-14(8-12)20-2)18-16-10-21-17-9-13(19)6-7-15(16)17/h3-9,11,16,18-19H,10H2,1-2H3. The molecule has 0 radical (unpaired) electrons. The van der Waals surface area contributed by atoms with E-state index in [1.165, 1.54) is 5.56 Å². The van der Waals surface area contributed by atoms with Gasteiger partial charge in [0.25, 0.3) is 0 Å². The Hall–Kier alpha value is -2.20. The minimum absolute atomic E-state index is 0.127. The molecule has 4 nitrogen and oxygen atoms in total. The van der Waals surface area contributed by atoms with E-state index in [1.54, 1.807) is 19.2 Å². The van der Waals surface area contributed by atoms with Crippen LogP contribution in [-0.2, 0) is 0 Å². The van der Waals surface area contributed by atoms with Crippen LogP contribution in [0.25, 0.3) is 0 Å². The van der Waals surface area contributed by atoms with E-state index in [4.69, 9.17) is 9.47 Å². The Morgan fingerprint density at radius 1 is 1.29 bits per heavy atom. The SMILES string of the molecule is COc1cccc(C(C)NC2COc3cc(O)ccc32)c1. The van der Waals surface area contributed by atoms with E-state index in [-0.39, 0.29) is 17.8 Å². The zero-order chi connectivity index (χ0) is 14.8. The first kappa shape index (κ1) is 13.8. The summed E-state index contributed by atoms with van der Waals surface area (Å²) in [5.41, 5.74) is 2.25. The molecule has 1 aliphatic heterocycles. The van der Waals surface area contributed by atoms with Gasteiger partial charge >= 0.3 is 0 Å². The second kappa shape index (κ2) is 5.66. The van der Waals surface area contributed by atoms with E-state index in [9.17, 15) is 5.11 Å². The topological polar surface area (TPSA) is 50.7 Å². The lowest BCUT2D eigenvalue weighted by molar-refractivity contribution is 0.300. The molecule has 2 N–H and O–H groups in total. The number of phenolic OH excluding ortho intramolecular Hbond substituents is 1. The Kier molecular flexibility index (Phi) is 3.71. The minimum atomic E-state index is 0.127. The molecule has 1 heterocycles. The van der Waals surface area contributed by atoms with Crippen molar-refractivity contribution in [3.8, 4) is 17.2 Å². The fourth-order valence-electron chi connectivity index (χ4n) is 2.65. The van der Waals surface area contributed by atoms with Gasteiger partial charge in [0.1, 0.15) is 23.9 Å². The molecule has 3 rings (SSSR count). The van der Waals surface area contributed by atoms with E-state index < -0.39 is 0 Å². The van der Waals surface area contributed by atoms with E-state index in [0.29, 0.717) is 6.61 Å². The van der Waals surface area contributed by atoms with Crippen molar-refractivity contribution in [2.75, 3.05) is 13.7 Å². The summed E-state index contributed by atoms with van der Waals surface area (Å²) in [6, 6.07) is 13.6. The lowest BCUT2D eigenvalue weighted by Gasteiger charge is -2.19. The molecule has 0 spiro atoms. The smallest absolute Gasteiger partial charge is 0.127 e. The minimum Gasteiger partial charge on any atom is -0.508 e. The summed E-state index contributed by atoms with van der Waals surface area (Å²) in [7, 11) is 1.67. The van der Waals surface area contributed by atoms with E-state index in [0.717, 1.165) is 17.1 Å². The number of rotatable bonds is 4. The Balaban J connectivity index is 1.76. The fraction of sp³-hybridized carbons (Fsp3) is 0.294. The number of aromatic hydroxyl groups is 1. The van der Waals surface area contributed by atoms with Gasteiger partial charge in [-0.1, -0.05) is 12.1 Å². The fourth-order valence-corrected chi connectivity index (χ4v) is 2.65. The summed E-state index contributed by atoms with van der Waals surface area (Å²) in [5, 5.41) is 13.0. The third-order valence-electron chi connectivity index (χ3n) is 3.82. The van der Waals surface area contributed by atoms with Crippen molar-refractivity contribution < 1.29 is 14.6 Å². The molecule has 2 unspecified atom stereocenters. The maximum atomic E-state index is 9.49. The first-order chi connectivity index (χ1) is 10.2. The van der Waals surface area contributed by atoms with Gasteiger partial charge in [0.05, 0.1) is 13.2 Å². The summed E-state index contributed by atoms with van der Waals surface area (Å²) >= 11 is 0. The van der Waals surface area contributed by atoms with Crippen LogP contribution < -0.4 is 14.8 Å². The van der Waals surface area contributed by atoms with Crippen LogP contribution in [0.2, 0.25) is 0 Å². The zero-order valence-electron chi connectivity index (χ0n) is 12.2. The van der Waals surface area contributed by atoms with E-state index in [2.05, 4.69) is 18.3 Å². The quantitative estimate of drug-likeness (QED) is 0.906. The molecular formula is C17H19NO3. The molecule has 2 aromatic rings. The van der Waals surface area contributed by atoms with Gasteiger partial charge in [-0.3, -0.25) is 0 Å². The predicted molar refractivity (Wildman–Crippen MR) is 80.9 cm³/mol. The summed E-state index contributed by atoms with van der Waals surface area (Å²) in [6.07, 6.45) is 0. The monoisotopic (exact) mass is 285 g/mol. The number of fused-ring (bicyclic) bond motifs is 1. The van der Waals surface area contributed by atoms with Crippen molar-refractivity contribution in [2.24, 2.45) is 0 Å². The predicted octanol–water partition coefficient (Wildman–Crippen LogP) is 3.19. The van der Waals surface area contributed by atoms with E-state index >= 15 is 0 Å². The van der Waals surface area contributed by atoms with Crippen LogP contribution in [0, 0.1) is 0 Å². The molecule has 110 valence electrons. The van der Waals surface area contributed by atoms with Crippen molar-refractivity contribution in [1.82, 2.24) is 5.32 Å². The molecule has 0 saturated carbocycles. The van der Waals surface area contributed by atoms with Gasteiger partial charge in [0.15, 0.2) is 0 Å². The molecule has 0 aliphatic carbocycles. The average Bonchev–Trinajstić information content (AvgIpc) is 2.89. The third-order valence-corrected chi connectivity index (χ3v) is 3.82. The number of nitrogens with one attached hydrogen (secondary N) is 1. The van der Waals surface area contributed by atoms with Gasteiger partial charge in [-0.2, -0.15) is 0 Å². The number of ether oxygens (including phenoxy) is 2. The number of hydrogen-bond donors (Lipinski definition) is 2. The summed E-state index contributed by atoms with van der Waals surface area (Å²) < 4.78 is 10.9.